The summed E-state index contributed by atoms with van der Waals surface area (Å²) in [4.78, 5) is 26.1. The Labute approximate surface area is 118 Å². The van der Waals surface area contributed by atoms with E-state index in [9.17, 15) is 9.59 Å². The van der Waals surface area contributed by atoms with Gasteiger partial charge in [0.2, 0.25) is 5.91 Å². The lowest BCUT2D eigenvalue weighted by atomic mass is 9.93. The average Bonchev–Trinajstić information content (AvgIpc) is 3.14. The van der Waals surface area contributed by atoms with Crippen molar-refractivity contribution in [1.29, 1.82) is 0 Å². The summed E-state index contributed by atoms with van der Waals surface area (Å²) in [6.07, 6.45) is 5.78. The number of ketones is 1. The van der Waals surface area contributed by atoms with E-state index >= 15 is 0 Å². The van der Waals surface area contributed by atoms with Gasteiger partial charge >= 0.3 is 0 Å². The van der Waals surface area contributed by atoms with Crippen LogP contribution in [0.4, 0.5) is 0 Å². The number of likely N-dealkylation sites (tertiary alicyclic amines) is 1. The number of hydrogen-bond donors (Lipinski definition) is 1. The molecular formula is C15H21N3O2. The first-order valence-corrected chi connectivity index (χ1v) is 7.48. The monoisotopic (exact) mass is 275 g/mol. The van der Waals surface area contributed by atoms with Gasteiger partial charge in [-0.1, -0.05) is 6.92 Å². The van der Waals surface area contributed by atoms with Crippen LogP contribution in [0.2, 0.25) is 0 Å². The normalized spacial score (nSPS) is 30.1. The zero-order chi connectivity index (χ0) is 14.1. The van der Waals surface area contributed by atoms with Crippen molar-refractivity contribution in [1.82, 2.24) is 15.1 Å². The van der Waals surface area contributed by atoms with Gasteiger partial charge in [-0.15, -0.1) is 0 Å². The van der Waals surface area contributed by atoms with Crippen molar-refractivity contribution < 1.29 is 9.59 Å². The zero-order valence-electron chi connectivity index (χ0n) is 11.8. The molecule has 1 aliphatic heterocycles. The lowest BCUT2D eigenvalue weighted by molar-refractivity contribution is -0.133. The summed E-state index contributed by atoms with van der Waals surface area (Å²) in [5, 5.41) is 6.95. The minimum Gasteiger partial charge on any atom is -0.334 e. The van der Waals surface area contributed by atoms with Crippen LogP contribution in [-0.2, 0) is 9.59 Å². The maximum Gasteiger partial charge on any atom is 0.223 e. The van der Waals surface area contributed by atoms with Crippen LogP contribution in [0.3, 0.4) is 0 Å². The largest absolute Gasteiger partial charge is 0.334 e. The van der Waals surface area contributed by atoms with Gasteiger partial charge < -0.3 is 4.90 Å². The number of hydrogen-bond acceptors (Lipinski definition) is 3. The highest BCUT2D eigenvalue weighted by Crippen LogP contribution is 2.35. The third kappa shape index (κ3) is 2.37. The summed E-state index contributed by atoms with van der Waals surface area (Å²) in [5.74, 6) is 0.785. The number of amides is 1. The van der Waals surface area contributed by atoms with E-state index in [-0.39, 0.29) is 23.8 Å². The van der Waals surface area contributed by atoms with Gasteiger partial charge in [-0.2, -0.15) is 5.10 Å². The standard InChI is InChI=1S/C15H21N3O2/c1-10-11(4-5-14(10)19)9-15(20)18-8-2-3-13(18)12-6-7-16-17-12/h6-7,10-11,13H,2-5,8-9H2,1H3,(H,16,17). The molecule has 2 fully saturated rings. The fourth-order valence-corrected chi connectivity index (χ4v) is 3.53. The van der Waals surface area contributed by atoms with Crippen LogP contribution in [0.15, 0.2) is 12.3 Å². The fourth-order valence-electron chi connectivity index (χ4n) is 3.53. The molecule has 3 unspecified atom stereocenters. The summed E-state index contributed by atoms with van der Waals surface area (Å²) in [7, 11) is 0. The van der Waals surface area contributed by atoms with Crippen LogP contribution in [-0.4, -0.2) is 33.3 Å². The van der Waals surface area contributed by atoms with Crippen molar-refractivity contribution in [3.63, 3.8) is 0 Å². The van der Waals surface area contributed by atoms with Gasteiger partial charge in [0, 0.05) is 31.5 Å². The molecule has 5 nitrogen and oxygen atoms in total. The number of rotatable bonds is 3. The molecule has 0 aromatic carbocycles. The van der Waals surface area contributed by atoms with E-state index in [1.807, 2.05) is 17.9 Å². The quantitative estimate of drug-likeness (QED) is 0.918. The average molecular weight is 275 g/mol. The number of H-pyrrole nitrogens is 1. The molecule has 20 heavy (non-hydrogen) atoms. The molecule has 1 aromatic rings. The number of carbonyl (C=O) groups is 2. The molecule has 3 atom stereocenters. The van der Waals surface area contributed by atoms with E-state index < -0.39 is 0 Å². The van der Waals surface area contributed by atoms with E-state index in [2.05, 4.69) is 10.2 Å². The van der Waals surface area contributed by atoms with Crippen LogP contribution in [0.1, 0.15) is 50.8 Å². The van der Waals surface area contributed by atoms with Gasteiger partial charge in [0.25, 0.3) is 0 Å². The number of nitrogens with zero attached hydrogens (tertiary/aromatic N) is 2. The molecule has 1 N–H and O–H groups in total. The molecule has 5 heteroatoms. The molecule has 0 spiro atoms. The maximum atomic E-state index is 12.5. The number of aromatic nitrogens is 2. The third-order valence-corrected chi connectivity index (χ3v) is 4.87. The van der Waals surface area contributed by atoms with Gasteiger partial charge in [0.1, 0.15) is 5.78 Å². The Hall–Kier alpha value is -1.65. The minimum absolute atomic E-state index is 0.0483. The fraction of sp³-hybridized carbons (Fsp3) is 0.667. The molecule has 0 bridgehead atoms. The second kappa shape index (κ2) is 5.38. The van der Waals surface area contributed by atoms with Crippen molar-refractivity contribution in [3.05, 3.63) is 18.0 Å². The van der Waals surface area contributed by atoms with Gasteiger partial charge in [-0.3, -0.25) is 14.7 Å². The highest BCUT2D eigenvalue weighted by atomic mass is 16.2. The Morgan fingerprint density at radius 2 is 2.35 bits per heavy atom. The number of nitrogens with one attached hydrogen (secondary N) is 1. The molecule has 3 rings (SSSR count). The molecule has 1 saturated carbocycles. The SMILES string of the molecule is CC1C(=O)CCC1CC(=O)N1CCCC1c1ccn[nH]1. The first kappa shape index (κ1) is 13.3. The highest BCUT2D eigenvalue weighted by molar-refractivity contribution is 5.85. The van der Waals surface area contributed by atoms with E-state index in [4.69, 9.17) is 0 Å². The Morgan fingerprint density at radius 1 is 1.50 bits per heavy atom. The predicted octanol–water partition coefficient (Wildman–Crippen LogP) is 2.08. The Bertz CT molecular complexity index is 497. The summed E-state index contributed by atoms with van der Waals surface area (Å²) in [5.41, 5.74) is 1.02. The van der Waals surface area contributed by atoms with E-state index in [0.29, 0.717) is 18.6 Å². The molecule has 1 aliphatic carbocycles. The van der Waals surface area contributed by atoms with Gasteiger partial charge in [-0.05, 0) is 31.2 Å². The van der Waals surface area contributed by atoms with Crippen LogP contribution < -0.4 is 0 Å². The number of Topliss-reactive ketones (excluding diaryl/α,β-unsaturated/α-hetero) is 1. The summed E-state index contributed by atoms with van der Waals surface area (Å²) >= 11 is 0. The van der Waals surface area contributed by atoms with Crippen molar-refractivity contribution in [2.45, 2.75) is 45.1 Å². The first-order valence-electron chi connectivity index (χ1n) is 7.48. The van der Waals surface area contributed by atoms with E-state index in [1.165, 1.54) is 0 Å². The molecule has 1 amide bonds. The van der Waals surface area contributed by atoms with Gasteiger partial charge in [0.05, 0.1) is 11.7 Å². The Morgan fingerprint density at radius 3 is 3.00 bits per heavy atom. The second-order valence-electron chi connectivity index (χ2n) is 6.02. The summed E-state index contributed by atoms with van der Waals surface area (Å²) in [6.45, 7) is 2.78. The third-order valence-electron chi connectivity index (χ3n) is 4.87. The van der Waals surface area contributed by atoms with Crippen LogP contribution in [0.5, 0.6) is 0 Å². The van der Waals surface area contributed by atoms with Crippen molar-refractivity contribution in [2.24, 2.45) is 11.8 Å². The topological polar surface area (TPSA) is 66.1 Å². The molecule has 1 aromatic heterocycles. The molecular weight excluding hydrogens is 254 g/mol. The van der Waals surface area contributed by atoms with Crippen molar-refractivity contribution in [3.8, 4) is 0 Å². The Kier molecular flexibility index (Phi) is 3.59. The van der Waals surface area contributed by atoms with E-state index in [0.717, 1.165) is 31.5 Å². The minimum atomic E-state index is 0.0483. The summed E-state index contributed by atoms with van der Waals surface area (Å²) < 4.78 is 0. The number of carbonyl (C=O) groups excluding carboxylic acids is 2. The molecule has 2 aliphatic rings. The van der Waals surface area contributed by atoms with Crippen LogP contribution >= 0.6 is 0 Å². The second-order valence-corrected chi connectivity index (χ2v) is 6.02. The van der Waals surface area contributed by atoms with E-state index in [1.54, 1.807) is 6.20 Å². The maximum absolute atomic E-state index is 12.5. The van der Waals surface area contributed by atoms with Gasteiger partial charge in [-0.25, -0.2) is 0 Å². The predicted molar refractivity (Wildman–Crippen MR) is 73.8 cm³/mol. The zero-order valence-corrected chi connectivity index (χ0v) is 11.8. The molecule has 1 saturated heterocycles. The summed E-state index contributed by atoms with van der Waals surface area (Å²) in [6, 6.07) is 2.08. The first-order chi connectivity index (χ1) is 9.66. The molecule has 0 radical (unpaired) electrons. The van der Waals surface area contributed by atoms with Crippen molar-refractivity contribution >= 4 is 11.7 Å². The lowest BCUT2D eigenvalue weighted by Crippen LogP contribution is -2.32. The van der Waals surface area contributed by atoms with Crippen LogP contribution in [0, 0.1) is 11.8 Å². The lowest BCUT2D eigenvalue weighted by Gasteiger charge is -2.25. The number of aromatic amines is 1. The molecule has 2 heterocycles. The smallest absolute Gasteiger partial charge is 0.223 e. The highest BCUT2D eigenvalue weighted by Gasteiger charge is 2.36. The van der Waals surface area contributed by atoms with Crippen LogP contribution in [0.25, 0.3) is 0 Å². The molecule has 108 valence electrons. The Balaban J connectivity index is 1.66. The van der Waals surface area contributed by atoms with Gasteiger partial charge in [0.15, 0.2) is 0 Å². The van der Waals surface area contributed by atoms with Crippen molar-refractivity contribution in [2.75, 3.05) is 6.54 Å².